The van der Waals surface area contributed by atoms with Gasteiger partial charge in [-0.25, -0.2) is 0 Å². The number of likely N-dealkylation sites (tertiary alicyclic amines) is 1. The summed E-state index contributed by atoms with van der Waals surface area (Å²) in [5, 5.41) is 4.42. The van der Waals surface area contributed by atoms with Crippen molar-refractivity contribution in [2.45, 2.75) is 33.0 Å². The van der Waals surface area contributed by atoms with Crippen molar-refractivity contribution < 1.29 is 0 Å². The van der Waals surface area contributed by atoms with E-state index in [0.717, 1.165) is 31.9 Å². The summed E-state index contributed by atoms with van der Waals surface area (Å²) in [5.74, 6) is 0. The van der Waals surface area contributed by atoms with Gasteiger partial charge in [0.25, 0.3) is 0 Å². The molecule has 0 spiro atoms. The highest BCUT2D eigenvalue weighted by Gasteiger charge is 2.23. The van der Waals surface area contributed by atoms with E-state index in [1.54, 1.807) is 0 Å². The van der Waals surface area contributed by atoms with E-state index < -0.39 is 0 Å². The minimum atomic E-state index is 0.383. The van der Waals surface area contributed by atoms with Gasteiger partial charge in [0.05, 0.1) is 11.4 Å². The van der Waals surface area contributed by atoms with E-state index in [-0.39, 0.29) is 0 Å². The maximum atomic E-state index is 5.73. The Bertz CT molecular complexity index is 312. The Morgan fingerprint density at radius 1 is 1.57 bits per heavy atom. The number of nitrogens with two attached hydrogens (primary N) is 1. The van der Waals surface area contributed by atoms with E-state index in [1.165, 1.54) is 5.69 Å². The van der Waals surface area contributed by atoms with Crippen molar-refractivity contribution in [3.05, 3.63) is 17.5 Å². The van der Waals surface area contributed by atoms with Gasteiger partial charge in [0, 0.05) is 32.2 Å². The molecular weight excluding hydrogens is 176 g/mol. The van der Waals surface area contributed by atoms with Gasteiger partial charge >= 0.3 is 0 Å². The summed E-state index contributed by atoms with van der Waals surface area (Å²) in [7, 11) is 0. The maximum absolute atomic E-state index is 5.73. The molecule has 4 heteroatoms. The third-order valence-electron chi connectivity index (χ3n) is 2.66. The zero-order valence-corrected chi connectivity index (χ0v) is 8.90. The van der Waals surface area contributed by atoms with Crippen molar-refractivity contribution in [2.75, 3.05) is 13.1 Å². The molecule has 1 aromatic heterocycles. The fraction of sp³-hybridized carbons (Fsp3) is 0.700. The van der Waals surface area contributed by atoms with Crippen LogP contribution in [0.3, 0.4) is 0 Å². The Morgan fingerprint density at radius 2 is 2.29 bits per heavy atom. The molecule has 0 bridgehead atoms. The van der Waals surface area contributed by atoms with Gasteiger partial charge < -0.3 is 5.73 Å². The van der Waals surface area contributed by atoms with E-state index in [4.69, 9.17) is 5.73 Å². The lowest BCUT2D eigenvalue weighted by atomic mass is 10.1. The summed E-state index contributed by atoms with van der Waals surface area (Å²) in [5.41, 5.74) is 8.14. The molecule has 1 aliphatic rings. The minimum Gasteiger partial charge on any atom is -0.325 e. The first-order valence-electron chi connectivity index (χ1n) is 5.20. The lowest BCUT2D eigenvalue weighted by Crippen LogP contribution is -2.55. The Morgan fingerprint density at radius 3 is 2.86 bits per heavy atom. The normalized spacial score (nSPS) is 18.5. The van der Waals surface area contributed by atoms with Gasteiger partial charge in [-0.3, -0.25) is 9.58 Å². The Kier molecular flexibility index (Phi) is 2.56. The van der Waals surface area contributed by atoms with E-state index in [0.29, 0.717) is 6.04 Å². The monoisotopic (exact) mass is 194 g/mol. The van der Waals surface area contributed by atoms with Crippen molar-refractivity contribution in [1.29, 1.82) is 0 Å². The fourth-order valence-electron chi connectivity index (χ4n) is 1.97. The average Bonchev–Trinajstić information content (AvgIpc) is 2.43. The second-order valence-electron chi connectivity index (χ2n) is 4.05. The van der Waals surface area contributed by atoms with Crippen LogP contribution in [0, 0.1) is 6.92 Å². The predicted octanol–water partition coefficient (Wildman–Crippen LogP) is 0.354. The van der Waals surface area contributed by atoms with Crippen LogP contribution in [0.2, 0.25) is 0 Å². The first-order chi connectivity index (χ1) is 6.69. The lowest BCUT2D eigenvalue weighted by Gasteiger charge is -2.36. The first kappa shape index (κ1) is 9.68. The summed E-state index contributed by atoms with van der Waals surface area (Å²) < 4.78 is 2.07. The molecule has 0 unspecified atom stereocenters. The van der Waals surface area contributed by atoms with Gasteiger partial charge in [-0.05, 0) is 19.9 Å². The molecule has 14 heavy (non-hydrogen) atoms. The predicted molar refractivity (Wildman–Crippen MR) is 55.9 cm³/mol. The molecule has 2 rings (SSSR count). The van der Waals surface area contributed by atoms with Crippen molar-refractivity contribution >= 4 is 0 Å². The van der Waals surface area contributed by atoms with Gasteiger partial charge in [-0.1, -0.05) is 0 Å². The summed E-state index contributed by atoms with van der Waals surface area (Å²) in [4.78, 5) is 2.35. The highest BCUT2D eigenvalue weighted by molar-refractivity contribution is 5.09. The zero-order chi connectivity index (χ0) is 10.1. The molecule has 0 radical (unpaired) electrons. The molecule has 0 aliphatic carbocycles. The highest BCUT2D eigenvalue weighted by atomic mass is 15.3. The van der Waals surface area contributed by atoms with Crippen molar-refractivity contribution in [3.8, 4) is 0 Å². The Labute approximate surface area is 84.7 Å². The Hall–Kier alpha value is -0.870. The summed E-state index contributed by atoms with van der Waals surface area (Å²) in [6.07, 6.45) is 0. The highest BCUT2D eigenvalue weighted by Crippen LogP contribution is 2.12. The molecule has 0 amide bonds. The van der Waals surface area contributed by atoms with Gasteiger partial charge in [0.15, 0.2) is 0 Å². The SMILES string of the molecule is CCn1nc(C)cc1CN1CC(N)C1. The van der Waals surface area contributed by atoms with Crippen LogP contribution in [0.1, 0.15) is 18.3 Å². The van der Waals surface area contributed by atoms with Crippen molar-refractivity contribution in [3.63, 3.8) is 0 Å². The third-order valence-corrected chi connectivity index (χ3v) is 2.66. The second kappa shape index (κ2) is 3.71. The molecule has 1 saturated heterocycles. The molecule has 1 aromatic rings. The van der Waals surface area contributed by atoms with E-state index >= 15 is 0 Å². The van der Waals surface area contributed by atoms with Crippen molar-refractivity contribution in [1.82, 2.24) is 14.7 Å². The number of nitrogens with zero attached hydrogens (tertiary/aromatic N) is 3. The van der Waals surface area contributed by atoms with Crippen molar-refractivity contribution in [2.24, 2.45) is 5.73 Å². The summed E-state index contributed by atoms with van der Waals surface area (Å²) in [6, 6.07) is 2.54. The molecule has 0 aromatic carbocycles. The number of aromatic nitrogens is 2. The lowest BCUT2D eigenvalue weighted by molar-refractivity contribution is 0.138. The number of hydrogen-bond donors (Lipinski definition) is 1. The third kappa shape index (κ3) is 1.81. The zero-order valence-electron chi connectivity index (χ0n) is 8.90. The van der Waals surface area contributed by atoms with Crippen LogP contribution in [0.4, 0.5) is 0 Å². The Balaban J connectivity index is 2.01. The van der Waals surface area contributed by atoms with Crippen LogP contribution in [-0.2, 0) is 13.1 Å². The van der Waals surface area contributed by atoms with Gasteiger partial charge in [-0.15, -0.1) is 0 Å². The number of hydrogen-bond acceptors (Lipinski definition) is 3. The minimum absolute atomic E-state index is 0.383. The van der Waals surface area contributed by atoms with Crippen LogP contribution in [0.15, 0.2) is 6.07 Å². The summed E-state index contributed by atoms with van der Waals surface area (Å²) >= 11 is 0. The van der Waals surface area contributed by atoms with E-state index in [1.807, 2.05) is 6.92 Å². The average molecular weight is 194 g/mol. The van der Waals surface area contributed by atoms with E-state index in [2.05, 4.69) is 27.7 Å². The fourth-order valence-corrected chi connectivity index (χ4v) is 1.97. The molecule has 0 saturated carbocycles. The summed E-state index contributed by atoms with van der Waals surface area (Å²) in [6.45, 7) is 8.14. The van der Waals surface area contributed by atoms with Gasteiger partial charge in [0.1, 0.15) is 0 Å². The van der Waals surface area contributed by atoms with Gasteiger partial charge in [-0.2, -0.15) is 5.10 Å². The molecule has 4 nitrogen and oxygen atoms in total. The number of rotatable bonds is 3. The smallest absolute Gasteiger partial charge is 0.0597 e. The number of aryl methyl sites for hydroxylation is 2. The molecule has 2 heterocycles. The van der Waals surface area contributed by atoms with Crippen LogP contribution in [0.5, 0.6) is 0 Å². The maximum Gasteiger partial charge on any atom is 0.0597 e. The largest absolute Gasteiger partial charge is 0.325 e. The van der Waals surface area contributed by atoms with Crippen LogP contribution in [-0.4, -0.2) is 33.8 Å². The molecule has 78 valence electrons. The first-order valence-corrected chi connectivity index (χ1v) is 5.20. The standard InChI is InChI=1S/C10H18N4/c1-3-14-10(4-8(2)12-14)7-13-5-9(11)6-13/h4,9H,3,5-7,11H2,1-2H3. The quantitative estimate of drug-likeness (QED) is 0.755. The van der Waals surface area contributed by atoms with Crippen LogP contribution >= 0.6 is 0 Å². The van der Waals surface area contributed by atoms with E-state index in [9.17, 15) is 0 Å². The van der Waals surface area contributed by atoms with Crippen LogP contribution in [0.25, 0.3) is 0 Å². The molecule has 1 aliphatic heterocycles. The topological polar surface area (TPSA) is 47.1 Å². The second-order valence-corrected chi connectivity index (χ2v) is 4.05. The molecule has 1 fully saturated rings. The molecular formula is C10H18N4. The molecule has 0 atom stereocenters. The molecule has 2 N–H and O–H groups in total. The van der Waals surface area contributed by atoms with Gasteiger partial charge in [0.2, 0.25) is 0 Å². The van der Waals surface area contributed by atoms with Crippen LogP contribution < -0.4 is 5.73 Å².